The van der Waals surface area contributed by atoms with Gasteiger partial charge in [0.25, 0.3) is 0 Å². The van der Waals surface area contributed by atoms with Crippen LogP contribution in [-0.4, -0.2) is 23.1 Å². The first kappa shape index (κ1) is 10.3. The number of nitrogens with zero attached hydrogens (tertiary/aromatic N) is 3. The predicted molar refractivity (Wildman–Crippen MR) is 68.9 cm³/mol. The molecular weight excluding hydrogens is 210 g/mol. The normalized spacial score (nSPS) is 15.2. The first-order chi connectivity index (χ1) is 8.43. The Kier molecular flexibility index (Phi) is 2.74. The van der Waals surface area contributed by atoms with Gasteiger partial charge < -0.3 is 4.90 Å². The van der Waals surface area contributed by atoms with Crippen LogP contribution in [-0.2, 0) is 0 Å². The van der Waals surface area contributed by atoms with Gasteiger partial charge in [0.1, 0.15) is 5.82 Å². The lowest BCUT2D eigenvalue weighted by molar-refractivity contribution is 0.928. The summed E-state index contributed by atoms with van der Waals surface area (Å²) in [6, 6.07) is 10.2. The molecule has 0 aliphatic carbocycles. The first-order valence-corrected chi connectivity index (χ1v) is 6.06. The number of hydrogen-bond acceptors (Lipinski definition) is 3. The number of rotatable bonds is 2. The van der Waals surface area contributed by atoms with Gasteiger partial charge in [0.15, 0.2) is 0 Å². The Morgan fingerprint density at radius 1 is 0.882 bits per heavy atom. The van der Waals surface area contributed by atoms with Crippen molar-refractivity contribution >= 4 is 5.82 Å². The van der Waals surface area contributed by atoms with Gasteiger partial charge in [-0.25, -0.2) is 4.98 Å². The van der Waals surface area contributed by atoms with Gasteiger partial charge in [0, 0.05) is 18.7 Å². The molecule has 17 heavy (non-hydrogen) atoms. The van der Waals surface area contributed by atoms with Crippen molar-refractivity contribution in [3.63, 3.8) is 0 Å². The molecule has 0 atom stereocenters. The van der Waals surface area contributed by atoms with Crippen LogP contribution in [0, 0.1) is 0 Å². The third-order valence-corrected chi connectivity index (χ3v) is 3.14. The average Bonchev–Trinajstić information content (AvgIpc) is 2.94. The molecule has 1 saturated heterocycles. The molecule has 0 bridgehead atoms. The third-order valence-electron chi connectivity index (χ3n) is 3.14. The van der Waals surface area contributed by atoms with Crippen molar-refractivity contribution < 1.29 is 0 Å². The van der Waals surface area contributed by atoms with Crippen molar-refractivity contribution in [1.82, 2.24) is 9.97 Å². The molecule has 0 spiro atoms. The summed E-state index contributed by atoms with van der Waals surface area (Å²) in [7, 11) is 0. The minimum absolute atomic E-state index is 0.938. The minimum atomic E-state index is 0.938. The fraction of sp³-hybridized carbons (Fsp3) is 0.286. The van der Waals surface area contributed by atoms with Crippen LogP contribution in [0.1, 0.15) is 12.8 Å². The maximum absolute atomic E-state index is 4.50. The van der Waals surface area contributed by atoms with Gasteiger partial charge in [0.05, 0.1) is 18.1 Å². The van der Waals surface area contributed by atoms with E-state index in [0.29, 0.717) is 0 Å². The molecule has 0 amide bonds. The molecule has 3 heteroatoms. The third kappa shape index (κ3) is 2.13. The van der Waals surface area contributed by atoms with Crippen LogP contribution in [0.15, 0.2) is 42.7 Å². The summed E-state index contributed by atoms with van der Waals surface area (Å²) < 4.78 is 0. The highest BCUT2D eigenvalue weighted by Crippen LogP contribution is 2.20. The van der Waals surface area contributed by atoms with Gasteiger partial charge in [-0.2, -0.15) is 0 Å². The van der Waals surface area contributed by atoms with E-state index < -0.39 is 0 Å². The number of aromatic nitrogens is 2. The second-order valence-corrected chi connectivity index (χ2v) is 4.32. The average molecular weight is 225 g/mol. The highest BCUT2D eigenvalue weighted by molar-refractivity contribution is 5.58. The molecule has 1 fully saturated rings. The van der Waals surface area contributed by atoms with Crippen LogP contribution >= 0.6 is 0 Å². The lowest BCUT2D eigenvalue weighted by atomic mass is 10.2. The van der Waals surface area contributed by atoms with Gasteiger partial charge in [-0.15, -0.1) is 0 Å². The van der Waals surface area contributed by atoms with Crippen molar-refractivity contribution in [3.05, 3.63) is 42.7 Å². The van der Waals surface area contributed by atoms with Gasteiger partial charge in [-0.1, -0.05) is 30.3 Å². The Morgan fingerprint density at radius 3 is 2.29 bits per heavy atom. The summed E-state index contributed by atoms with van der Waals surface area (Å²) in [6.07, 6.45) is 6.28. The predicted octanol–water partition coefficient (Wildman–Crippen LogP) is 2.74. The number of anilines is 1. The Balaban J connectivity index is 1.85. The Bertz CT molecular complexity index is 473. The lowest BCUT2D eigenvalue weighted by Gasteiger charge is -2.15. The Labute approximate surface area is 101 Å². The summed E-state index contributed by atoms with van der Waals surface area (Å²) in [4.78, 5) is 11.3. The number of benzene rings is 1. The quantitative estimate of drug-likeness (QED) is 0.787. The highest BCUT2D eigenvalue weighted by atomic mass is 15.2. The molecule has 2 aromatic rings. The van der Waals surface area contributed by atoms with E-state index in [-0.39, 0.29) is 0 Å². The van der Waals surface area contributed by atoms with Crippen LogP contribution < -0.4 is 4.90 Å². The van der Waals surface area contributed by atoms with E-state index in [1.165, 1.54) is 12.8 Å². The van der Waals surface area contributed by atoms with E-state index >= 15 is 0 Å². The van der Waals surface area contributed by atoms with Crippen molar-refractivity contribution in [2.75, 3.05) is 18.0 Å². The molecule has 3 nitrogen and oxygen atoms in total. The molecular formula is C14H15N3. The maximum Gasteiger partial charge on any atom is 0.147 e. The van der Waals surface area contributed by atoms with Crippen LogP contribution in [0.5, 0.6) is 0 Å². The zero-order chi connectivity index (χ0) is 11.5. The van der Waals surface area contributed by atoms with E-state index in [4.69, 9.17) is 0 Å². The topological polar surface area (TPSA) is 29.0 Å². The first-order valence-electron chi connectivity index (χ1n) is 6.06. The van der Waals surface area contributed by atoms with Gasteiger partial charge in [0.2, 0.25) is 0 Å². The number of hydrogen-bond donors (Lipinski definition) is 0. The van der Waals surface area contributed by atoms with Crippen LogP contribution in [0.2, 0.25) is 0 Å². The highest BCUT2D eigenvalue weighted by Gasteiger charge is 2.13. The SMILES string of the molecule is c1ccc(-c2cnc(N3CCCC3)cn2)cc1. The van der Waals surface area contributed by atoms with Gasteiger partial charge in [-0.3, -0.25) is 4.98 Å². The van der Waals surface area contributed by atoms with E-state index in [1.54, 1.807) is 0 Å². The largest absolute Gasteiger partial charge is 0.355 e. The molecule has 1 aliphatic rings. The molecule has 0 radical (unpaired) electrons. The second-order valence-electron chi connectivity index (χ2n) is 4.32. The standard InChI is InChI=1S/C14H15N3/c1-2-6-12(7-3-1)13-10-16-14(11-15-13)17-8-4-5-9-17/h1-3,6-7,10-11H,4-5,8-9H2. The molecule has 2 heterocycles. The van der Waals surface area contributed by atoms with Crippen LogP contribution in [0.25, 0.3) is 11.3 Å². The Morgan fingerprint density at radius 2 is 1.65 bits per heavy atom. The van der Waals surface area contributed by atoms with E-state index in [9.17, 15) is 0 Å². The van der Waals surface area contributed by atoms with E-state index in [2.05, 4.69) is 27.0 Å². The summed E-state index contributed by atoms with van der Waals surface area (Å²) in [5, 5.41) is 0. The molecule has 86 valence electrons. The molecule has 1 aromatic carbocycles. The van der Waals surface area contributed by atoms with Crippen molar-refractivity contribution in [2.45, 2.75) is 12.8 Å². The monoisotopic (exact) mass is 225 g/mol. The van der Waals surface area contributed by atoms with E-state index in [1.807, 2.05) is 30.6 Å². The van der Waals surface area contributed by atoms with Crippen molar-refractivity contribution in [3.8, 4) is 11.3 Å². The fourth-order valence-corrected chi connectivity index (χ4v) is 2.19. The van der Waals surface area contributed by atoms with Gasteiger partial charge in [-0.05, 0) is 12.8 Å². The lowest BCUT2D eigenvalue weighted by Crippen LogP contribution is -2.18. The van der Waals surface area contributed by atoms with Crippen molar-refractivity contribution in [1.29, 1.82) is 0 Å². The minimum Gasteiger partial charge on any atom is -0.355 e. The Hall–Kier alpha value is -1.90. The fourth-order valence-electron chi connectivity index (χ4n) is 2.19. The zero-order valence-corrected chi connectivity index (χ0v) is 9.71. The smallest absolute Gasteiger partial charge is 0.147 e. The van der Waals surface area contributed by atoms with Crippen LogP contribution in [0.3, 0.4) is 0 Å². The summed E-state index contributed by atoms with van der Waals surface area (Å²) in [5.74, 6) is 1.00. The van der Waals surface area contributed by atoms with Gasteiger partial charge >= 0.3 is 0 Å². The summed E-state index contributed by atoms with van der Waals surface area (Å²) in [5.41, 5.74) is 2.06. The molecule has 3 rings (SSSR count). The molecule has 0 unspecified atom stereocenters. The van der Waals surface area contributed by atoms with Crippen molar-refractivity contribution in [2.24, 2.45) is 0 Å². The zero-order valence-electron chi connectivity index (χ0n) is 9.71. The molecule has 1 aromatic heterocycles. The van der Waals surface area contributed by atoms with E-state index in [0.717, 1.165) is 30.2 Å². The molecule has 0 N–H and O–H groups in total. The van der Waals surface area contributed by atoms with Crippen LogP contribution in [0.4, 0.5) is 5.82 Å². The second kappa shape index (κ2) is 4.53. The maximum atomic E-state index is 4.50. The molecule has 1 aliphatic heterocycles. The summed E-state index contributed by atoms with van der Waals surface area (Å²) in [6.45, 7) is 2.22. The molecule has 0 saturated carbocycles. The summed E-state index contributed by atoms with van der Waals surface area (Å²) >= 11 is 0.